The van der Waals surface area contributed by atoms with Crippen molar-refractivity contribution in [3.8, 4) is 0 Å². The van der Waals surface area contributed by atoms with E-state index < -0.39 is 12.2 Å². The van der Waals surface area contributed by atoms with Gasteiger partial charge in [-0.3, -0.25) is 4.98 Å². The van der Waals surface area contributed by atoms with Crippen LogP contribution in [0.5, 0.6) is 0 Å². The van der Waals surface area contributed by atoms with Gasteiger partial charge in [-0.25, -0.2) is 4.98 Å². The van der Waals surface area contributed by atoms with Crippen molar-refractivity contribution in [3.05, 3.63) is 18.1 Å². The number of hydrogen-bond donors (Lipinski definition) is 4. The Morgan fingerprint density at radius 1 is 1.31 bits per heavy atom. The molecule has 0 amide bonds. The van der Waals surface area contributed by atoms with E-state index in [-0.39, 0.29) is 18.1 Å². The zero-order valence-corrected chi connectivity index (χ0v) is 6.96. The molecule has 72 valence electrons. The van der Waals surface area contributed by atoms with Crippen LogP contribution in [0.4, 0.5) is 5.82 Å². The number of anilines is 1. The van der Waals surface area contributed by atoms with Crippen molar-refractivity contribution in [2.24, 2.45) is 5.73 Å². The molecule has 0 saturated heterocycles. The molecule has 0 aliphatic heterocycles. The topological polar surface area (TPSA) is 118 Å². The Hall–Kier alpha value is -1.24. The third-order valence-electron chi connectivity index (χ3n) is 1.60. The minimum atomic E-state index is -1.11. The molecule has 0 aliphatic carbocycles. The van der Waals surface area contributed by atoms with Crippen molar-refractivity contribution in [2.75, 3.05) is 12.3 Å². The van der Waals surface area contributed by atoms with E-state index in [2.05, 4.69) is 9.97 Å². The van der Waals surface area contributed by atoms with Gasteiger partial charge in [0, 0.05) is 6.54 Å². The van der Waals surface area contributed by atoms with Crippen LogP contribution in [0, 0.1) is 0 Å². The van der Waals surface area contributed by atoms with E-state index in [9.17, 15) is 10.2 Å². The minimum Gasteiger partial charge on any atom is -0.389 e. The molecular formula is C7H12N4O2. The molecule has 0 spiro atoms. The summed E-state index contributed by atoms with van der Waals surface area (Å²) in [5.74, 6) is 0.262. The van der Waals surface area contributed by atoms with E-state index in [0.29, 0.717) is 0 Å². The predicted octanol–water partition coefficient (Wildman–Crippen LogP) is -1.59. The third-order valence-corrected chi connectivity index (χ3v) is 1.60. The van der Waals surface area contributed by atoms with Gasteiger partial charge in [-0.2, -0.15) is 0 Å². The van der Waals surface area contributed by atoms with Crippen molar-refractivity contribution in [3.63, 3.8) is 0 Å². The molecule has 1 aromatic heterocycles. The highest BCUT2D eigenvalue weighted by Crippen LogP contribution is 2.12. The summed E-state index contributed by atoms with van der Waals surface area (Å²) in [5, 5.41) is 18.6. The lowest BCUT2D eigenvalue weighted by molar-refractivity contribution is 0.0215. The molecule has 2 atom stereocenters. The van der Waals surface area contributed by atoms with Crippen molar-refractivity contribution in [1.82, 2.24) is 9.97 Å². The Labute approximate surface area is 75.2 Å². The molecule has 6 nitrogen and oxygen atoms in total. The summed E-state index contributed by atoms with van der Waals surface area (Å²) >= 11 is 0. The maximum absolute atomic E-state index is 9.41. The second-order valence-corrected chi connectivity index (χ2v) is 2.61. The van der Waals surface area contributed by atoms with Crippen molar-refractivity contribution in [2.45, 2.75) is 12.2 Å². The van der Waals surface area contributed by atoms with Crippen LogP contribution < -0.4 is 11.5 Å². The van der Waals surface area contributed by atoms with Crippen LogP contribution >= 0.6 is 0 Å². The van der Waals surface area contributed by atoms with Gasteiger partial charge in [0.05, 0.1) is 24.2 Å². The van der Waals surface area contributed by atoms with Gasteiger partial charge in [0.25, 0.3) is 0 Å². The van der Waals surface area contributed by atoms with Gasteiger partial charge in [0.1, 0.15) is 11.9 Å². The van der Waals surface area contributed by atoms with Crippen molar-refractivity contribution < 1.29 is 10.2 Å². The summed E-state index contributed by atoms with van der Waals surface area (Å²) in [7, 11) is 0. The van der Waals surface area contributed by atoms with E-state index in [1.165, 1.54) is 12.4 Å². The molecule has 0 aromatic carbocycles. The largest absolute Gasteiger partial charge is 0.389 e. The predicted molar refractivity (Wildman–Crippen MR) is 46.5 cm³/mol. The molecule has 2 unspecified atom stereocenters. The maximum Gasteiger partial charge on any atom is 0.141 e. The minimum absolute atomic E-state index is 0.0345. The Balaban J connectivity index is 2.77. The normalized spacial score (nSPS) is 15.3. The summed E-state index contributed by atoms with van der Waals surface area (Å²) in [6, 6.07) is 0. The highest BCUT2D eigenvalue weighted by atomic mass is 16.3. The number of nitrogens with zero attached hydrogens (tertiary/aromatic N) is 2. The lowest BCUT2D eigenvalue weighted by Gasteiger charge is -2.14. The molecule has 13 heavy (non-hydrogen) atoms. The summed E-state index contributed by atoms with van der Waals surface area (Å²) in [6.45, 7) is -0.0345. The number of nitrogen functional groups attached to an aromatic ring is 1. The van der Waals surface area contributed by atoms with Crippen molar-refractivity contribution >= 4 is 5.82 Å². The fraction of sp³-hybridized carbons (Fsp3) is 0.429. The summed E-state index contributed by atoms with van der Waals surface area (Å²) in [6.07, 6.45) is 0.469. The molecule has 0 saturated carbocycles. The summed E-state index contributed by atoms with van der Waals surface area (Å²) in [4.78, 5) is 7.51. The quantitative estimate of drug-likeness (QED) is 0.450. The molecule has 0 radical (unpaired) electrons. The lowest BCUT2D eigenvalue weighted by atomic mass is 10.1. The van der Waals surface area contributed by atoms with Gasteiger partial charge in [0.15, 0.2) is 0 Å². The highest BCUT2D eigenvalue weighted by Gasteiger charge is 2.17. The summed E-state index contributed by atoms with van der Waals surface area (Å²) in [5.41, 5.74) is 10.7. The molecule has 1 aromatic rings. The number of hydrogen-bond acceptors (Lipinski definition) is 6. The van der Waals surface area contributed by atoms with E-state index in [1.54, 1.807) is 0 Å². The zero-order chi connectivity index (χ0) is 9.84. The third kappa shape index (κ3) is 2.35. The van der Waals surface area contributed by atoms with Gasteiger partial charge in [-0.05, 0) is 0 Å². The van der Waals surface area contributed by atoms with Gasteiger partial charge >= 0.3 is 0 Å². The Morgan fingerprint density at radius 2 is 2.00 bits per heavy atom. The molecule has 0 bridgehead atoms. The van der Waals surface area contributed by atoms with Crippen LogP contribution in [-0.4, -0.2) is 32.8 Å². The van der Waals surface area contributed by atoms with E-state index in [4.69, 9.17) is 11.5 Å². The first-order chi connectivity index (χ1) is 6.15. The first-order valence-electron chi connectivity index (χ1n) is 3.78. The summed E-state index contributed by atoms with van der Waals surface area (Å²) < 4.78 is 0. The van der Waals surface area contributed by atoms with Crippen LogP contribution in [-0.2, 0) is 0 Å². The molecule has 6 N–H and O–H groups in total. The molecular weight excluding hydrogens is 172 g/mol. The van der Waals surface area contributed by atoms with Gasteiger partial charge in [0.2, 0.25) is 0 Å². The fourth-order valence-corrected chi connectivity index (χ4v) is 0.827. The Bertz CT molecular complexity index is 264. The molecule has 1 rings (SSSR count). The Kier molecular flexibility index (Phi) is 3.13. The number of aromatic nitrogens is 2. The second-order valence-electron chi connectivity index (χ2n) is 2.61. The monoisotopic (exact) mass is 184 g/mol. The lowest BCUT2D eigenvalue weighted by Crippen LogP contribution is -2.27. The standard InChI is InChI=1S/C7H12N4O2/c8-1-5(12)7(13)4-2-11-6(9)3-10-4/h2-3,5,7,12-13H,1,8H2,(H2,9,11). The number of nitrogens with two attached hydrogens (primary N) is 2. The zero-order valence-electron chi connectivity index (χ0n) is 6.96. The van der Waals surface area contributed by atoms with Crippen molar-refractivity contribution in [1.29, 1.82) is 0 Å². The number of rotatable bonds is 3. The fourth-order valence-electron chi connectivity index (χ4n) is 0.827. The first-order valence-corrected chi connectivity index (χ1v) is 3.78. The maximum atomic E-state index is 9.41. The van der Waals surface area contributed by atoms with Crippen LogP contribution in [0.1, 0.15) is 11.8 Å². The van der Waals surface area contributed by atoms with Gasteiger partial charge in [-0.1, -0.05) is 0 Å². The molecule has 1 heterocycles. The highest BCUT2D eigenvalue weighted by molar-refractivity contribution is 5.23. The number of aliphatic hydroxyl groups excluding tert-OH is 2. The Morgan fingerprint density at radius 3 is 2.46 bits per heavy atom. The smallest absolute Gasteiger partial charge is 0.141 e. The van der Waals surface area contributed by atoms with Crippen LogP contribution in [0.15, 0.2) is 12.4 Å². The van der Waals surface area contributed by atoms with E-state index >= 15 is 0 Å². The van der Waals surface area contributed by atoms with Crippen LogP contribution in [0.3, 0.4) is 0 Å². The molecule has 0 aliphatic rings. The average Bonchev–Trinajstić information content (AvgIpc) is 2.17. The molecule has 0 fully saturated rings. The SMILES string of the molecule is NCC(O)C(O)c1cnc(N)cn1. The second kappa shape index (κ2) is 4.13. The number of aliphatic hydroxyl groups is 2. The first kappa shape index (κ1) is 9.85. The van der Waals surface area contributed by atoms with Gasteiger partial charge < -0.3 is 21.7 Å². The van der Waals surface area contributed by atoms with Gasteiger partial charge in [-0.15, -0.1) is 0 Å². The van der Waals surface area contributed by atoms with E-state index in [1.807, 2.05) is 0 Å². The van der Waals surface area contributed by atoms with Crippen LogP contribution in [0.2, 0.25) is 0 Å². The van der Waals surface area contributed by atoms with E-state index in [0.717, 1.165) is 0 Å². The average molecular weight is 184 g/mol. The van der Waals surface area contributed by atoms with Crippen LogP contribution in [0.25, 0.3) is 0 Å². The molecule has 6 heteroatoms.